The fraction of sp³-hybridized carbons (Fsp3) is 0.700. The average molecular weight is 473 g/mol. The molecule has 0 bridgehead atoms. The van der Waals surface area contributed by atoms with Crippen LogP contribution in [0.25, 0.3) is 0 Å². The first-order valence-corrected chi connectivity index (χ1v) is 13.6. The van der Waals surface area contributed by atoms with Gasteiger partial charge < -0.3 is 14.9 Å². The number of carbonyl (C=O) groups excluding carboxylic acids is 1. The first-order valence-electron chi connectivity index (χ1n) is 13.6. The van der Waals surface area contributed by atoms with Crippen molar-refractivity contribution in [2.75, 3.05) is 19.7 Å². The van der Waals surface area contributed by atoms with E-state index < -0.39 is 0 Å². The summed E-state index contributed by atoms with van der Waals surface area (Å²) < 4.78 is 0. The molecular formula is C30H52N2O2. The largest absolute Gasteiger partial charge is 0.392 e. The predicted octanol–water partition coefficient (Wildman–Crippen LogP) is 7.23. The zero-order chi connectivity index (χ0) is 25.7. The minimum Gasteiger partial charge on any atom is -0.392 e. The molecule has 4 nitrogen and oxygen atoms in total. The maximum absolute atomic E-state index is 13.3. The fourth-order valence-electron chi connectivity index (χ4n) is 4.81. The van der Waals surface area contributed by atoms with Crippen molar-refractivity contribution in [3.63, 3.8) is 0 Å². The van der Waals surface area contributed by atoms with Gasteiger partial charge in [-0.3, -0.25) is 4.79 Å². The second kappa shape index (κ2) is 16.0. The molecule has 1 amide bonds. The van der Waals surface area contributed by atoms with E-state index in [0.29, 0.717) is 30.8 Å². The molecule has 1 N–H and O–H groups in total. The summed E-state index contributed by atoms with van der Waals surface area (Å²) in [5.74, 6) is 1.25. The van der Waals surface area contributed by atoms with Crippen LogP contribution in [0.1, 0.15) is 99.3 Å². The zero-order valence-corrected chi connectivity index (χ0v) is 23.0. The molecule has 194 valence electrons. The molecule has 0 spiro atoms. The molecule has 0 aromatic rings. The number of allylic oxidation sites excluding steroid dienone is 3. The standard InChI is InChI=1S/C30H52N2O2/c1-9-24(6)17-18-25(7)26(8)32(29(23(4)5)21-27(10-2)22-33)20-19-30(34)31(11-3)28-15-13-12-14-16-28/h10,21,24-25,28,33H,2,8-9,11-20,22H2,1,3-7H3/b27-21+/t24-,25+/m0/s1. The van der Waals surface area contributed by atoms with Crippen molar-refractivity contribution in [1.29, 1.82) is 0 Å². The van der Waals surface area contributed by atoms with E-state index in [2.05, 4.69) is 64.5 Å². The number of carbonyl (C=O) groups is 1. The Morgan fingerprint density at radius 2 is 1.76 bits per heavy atom. The molecule has 1 rings (SSSR count). The van der Waals surface area contributed by atoms with Crippen molar-refractivity contribution < 1.29 is 9.90 Å². The second-order valence-electron chi connectivity index (χ2n) is 10.3. The van der Waals surface area contributed by atoms with Crippen LogP contribution in [-0.2, 0) is 4.79 Å². The third-order valence-electron chi connectivity index (χ3n) is 7.50. The van der Waals surface area contributed by atoms with E-state index in [1.54, 1.807) is 6.08 Å². The predicted molar refractivity (Wildman–Crippen MR) is 146 cm³/mol. The number of hydrogen-bond acceptors (Lipinski definition) is 3. The zero-order valence-electron chi connectivity index (χ0n) is 23.0. The van der Waals surface area contributed by atoms with Crippen molar-refractivity contribution >= 4 is 5.91 Å². The highest BCUT2D eigenvalue weighted by Crippen LogP contribution is 2.29. The van der Waals surface area contributed by atoms with Crippen molar-refractivity contribution in [3.05, 3.63) is 47.9 Å². The Kier molecular flexibility index (Phi) is 14.2. The number of rotatable bonds is 15. The van der Waals surface area contributed by atoms with E-state index in [1.807, 2.05) is 6.08 Å². The molecule has 4 heteroatoms. The van der Waals surface area contributed by atoms with Crippen LogP contribution in [0.15, 0.2) is 47.9 Å². The summed E-state index contributed by atoms with van der Waals surface area (Å²) in [7, 11) is 0. The molecule has 0 saturated heterocycles. The average Bonchev–Trinajstić information content (AvgIpc) is 2.84. The number of amides is 1. The number of hydrogen-bond donors (Lipinski definition) is 1. The molecular weight excluding hydrogens is 420 g/mol. The molecule has 1 aliphatic carbocycles. The number of aliphatic hydroxyl groups is 1. The minimum absolute atomic E-state index is 0.0611. The third kappa shape index (κ3) is 9.44. The summed E-state index contributed by atoms with van der Waals surface area (Å²) in [6, 6.07) is 0.391. The summed E-state index contributed by atoms with van der Waals surface area (Å²) in [6.07, 6.45) is 13.6. The first-order chi connectivity index (χ1) is 16.2. The van der Waals surface area contributed by atoms with E-state index in [1.165, 1.54) is 32.1 Å². The lowest BCUT2D eigenvalue weighted by atomic mass is 9.93. The van der Waals surface area contributed by atoms with Gasteiger partial charge in [-0.1, -0.05) is 77.7 Å². The van der Waals surface area contributed by atoms with Gasteiger partial charge in [-0.15, -0.1) is 0 Å². The van der Waals surface area contributed by atoms with E-state index in [-0.39, 0.29) is 12.5 Å². The minimum atomic E-state index is -0.0611. The van der Waals surface area contributed by atoms with Crippen LogP contribution in [0, 0.1) is 11.8 Å². The van der Waals surface area contributed by atoms with Crippen LogP contribution in [0.3, 0.4) is 0 Å². The summed E-state index contributed by atoms with van der Waals surface area (Å²) >= 11 is 0. The third-order valence-corrected chi connectivity index (χ3v) is 7.50. The quantitative estimate of drug-likeness (QED) is 0.256. The summed E-state index contributed by atoms with van der Waals surface area (Å²) in [5.41, 5.74) is 3.96. The Hall–Kier alpha value is -1.81. The van der Waals surface area contributed by atoms with E-state index in [4.69, 9.17) is 0 Å². The van der Waals surface area contributed by atoms with Crippen molar-refractivity contribution in [2.24, 2.45) is 11.8 Å². The SMILES string of the molecule is C=C/C(=C\C(=C(C)C)N(CCC(=O)N(CC)C1CCCCC1)C(=C)[C@H](C)CC[C@@H](C)CC)CO. The van der Waals surface area contributed by atoms with Gasteiger partial charge in [-0.25, -0.2) is 0 Å². The summed E-state index contributed by atoms with van der Waals surface area (Å²) in [5, 5.41) is 9.76. The van der Waals surface area contributed by atoms with Gasteiger partial charge in [0, 0.05) is 36.9 Å². The molecule has 2 atom stereocenters. The van der Waals surface area contributed by atoms with Crippen molar-refractivity contribution in [1.82, 2.24) is 9.80 Å². The molecule has 0 radical (unpaired) electrons. The summed E-state index contributed by atoms with van der Waals surface area (Å²) in [4.78, 5) is 17.7. The molecule has 0 aromatic carbocycles. The Morgan fingerprint density at radius 3 is 2.26 bits per heavy atom. The topological polar surface area (TPSA) is 43.8 Å². The van der Waals surface area contributed by atoms with E-state index in [9.17, 15) is 9.90 Å². The Morgan fingerprint density at radius 1 is 1.12 bits per heavy atom. The lowest BCUT2D eigenvalue weighted by Crippen LogP contribution is -2.42. The Labute approximate surface area is 210 Å². The van der Waals surface area contributed by atoms with Crippen LogP contribution in [0.4, 0.5) is 0 Å². The summed E-state index contributed by atoms with van der Waals surface area (Å²) in [6.45, 7) is 22.7. The van der Waals surface area contributed by atoms with Gasteiger partial charge in [-0.2, -0.15) is 0 Å². The molecule has 0 aliphatic heterocycles. The van der Waals surface area contributed by atoms with Gasteiger partial charge in [0.1, 0.15) is 0 Å². The van der Waals surface area contributed by atoms with Gasteiger partial charge >= 0.3 is 0 Å². The second-order valence-corrected chi connectivity index (χ2v) is 10.3. The normalized spacial score (nSPS) is 16.5. The van der Waals surface area contributed by atoms with Gasteiger partial charge in [0.05, 0.1) is 6.61 Å². The smallest absolute Gasteiger partial charge is 0.224 e. The highest BCUT2D eigenvalue weighted by Gasteiger charge is 2.26. The fourth-order valence-corrected chi connectivity index (χ4v) is 4.81. The Bertz CT molecular complexity index is 711. The molecule has 1 aliphatic rings. The first kappa shape index (κ1) is 30.2. The van der Waals surface area contributed by atoms with Gasteiger partial charge in [0.15, 0.2) is 0 Å². The Balaban J connectivity index is 3.13. The lowest BCUT2D eigenvalue weighted by molar-refractivity contribution is -0.134. The van der Waals surface area contributed by atoms with Crippen molar-refractivity contribution in [2.45, 2.75) is 105 Å². The molecule has 34 heavy (non-hydrogen) atoms. The van der Waals surface area contributed by atoms with Crippen LogP contribution < -0.4 is 0 Å². The van der Waals surface area contributed by atoms with Gasteiger partial charge in [-0.05, 0) is 63.5 Å². The number of nitrogens with zero attached hydrogens (tertiary/aromatic N) is 2. The molecule has 0 aromatic heterocycles. The van der Waals surface area contributed by atoms with Crippen molar-refractivity contribution in [3.8, 4) is 0 Å². The van der Waals surface area contributed by atoms with Gasteiger partial charge in [0.25, 0.3) is 0 Å². The maximum Gasteiger partial charge on any atom is 0.224 e. The highest BCUT2D eigenvalue weighted by molar-refractivity contribution is 5.76. The molecule has 1 saturated carbocycles. The lowest BCUT2D eigenvalue weighted by Gasteiger charge is -2.36. The van der Waals surface area contributed by atoms with Crippen LogP contribution in [-0.4, -0.2) is 46.6 Å². The molecule has 0 heterocycles. The van der Waals surface area contributed by atoms with E-state index >= 15 is 0 Å². The van der Waals surface area contributed by atoms with Crippen LogP contribution >= 0.6 is 0 Å². The van der Waals surface area contributed by atoms with E-state index in [0.717, 1.165) is 48.3 Å². The van der Waals surface area contributed by atoms with Gasteiger partial charge in [0.2, 0.25) is 5.91 Å². The van der Waals surface area contributed by atoms with Crippen LogP contribution in [0.5, 0.6) is 0 Å². The molecule has 1 fully saturated rings. The van der Waals surface area contributed by atoms with Crippen LogP contribution in [0.2, 0.25) is 0 Å². The maximum atomic E-state index is 13.3. The number of aliphatic hydroxyl groups excluding tert-OH is 1. The molecule has 0 unspecified atom stereocenters. The highest BCUT2D eigenvalue weighted by atomic mass is 16.3. The monoisotopic (exact) mass is 472 g/mol.